The van der Waals surface area contributed by atoms with Crippen LogP contribution in [0.5, 0.6) is 0 Å². The van der Waals surface area contributed by atoms with Crippen molar-refractivity contribution >= 4 is 35.1 Å². The number of hydrogen-bond donors (Lipinski definition) is 1. The fourth-order valence-electron chi connectivity index (χ4n) is 3.65. The Bertz CT molecular complexity index is 590. The highest BCUT2D eigenvalue weighted by molar-refractivity contribution is 7.20. The van der Waals surface area contributed by atoms with Gasteiger partial charge in [0.15, 0.2) is 0 Å². The lowest BCUT2D eigenvalue weighted by Crippen LogP contribution is -2.38. The van der Waals surface area contributed by atoms with Crippen molar-refractivity contribution in [3.05, 3.63) is 28.6 Å². The van der Waals surface area contributed by atoms with E-state index in [1.54, 1.807) is 22.7 Å². The van der Waals surface area contributed by atoms with Crippen LogP contribution in [-0.4, -0.2) is 36.1 Å². The zero-order valence-electron chi connectivity index (χ0n) is 12.6. The second-order valence-electron chi connectivity index (χ2n) is 6.33. The molecule has 2 aliphatic heterocycles. The van der Waals surface area contributed by atoms with Crippen LogP contribution in [-0.2, 0) is 6.54 Å². The molecule has 0 amide bonds. The minimum Gasteiger partial charge on any atom is -0.317 e. The lowest BCUT2D eigenvalue weighted by molar-refractivity contribution is 0.193. The molecule has 0 aromatic carbocycles. The fraction of sp³-hybridized carbons (Fsp3) is 0.562. The summed E-state index contributed by atoms with van der Waals surface area (Å²) in [5, 5.41) is 9.03. The summed E-state index contributed by atoms with van der Waals surface area (Å²) in [7, 11) is 0. The number of piperidine rings is 1. The Morgan fingerprint density at radius 3 is 2.86 bits per heavy atom. The number of aromatic nitrogens is 1. The maximum absolute atomic E-state index is 4.82. The monoisotopic (exact) mass is 355 g/mol. The summed E-state index contributed by atoms with van der Waals surface area (Å²) in [6, 6.07) is 4.26. The second kappa shape index (κ2) is 6.97. The quantitative estimate of drug-likeness (QED) is 0.905. The number of nitrogens with zero attached hydrogens (tertiary/aromatic N) is 2. The normalized spacial score (nSPS) is 21.1. The molecule has 2 saturated heterocycles. The smallest absolute Gasteiger partial charge is 0.133 e. The molecule has 0 atom stereocenters. The van der Waals surface area contributed by atoms with Gasteiger partial charge in [-0.25, -0.2) is 4.98 Å². The summed E-state index contributed by atoms with van der Waals surface area (Å²) < 4.78 is 0. The van der Waals surface area contributed by atoms with Gasteiger partial charge in [-0.3, -0.25) is 4.90 Å². The van der Waals surface area contributed by atoms with Crippen molar-refractivity contribution in [2.45, 2.75) is 25.8 Å². The van der Waals surface area contributed by atoms with Gasteiger partial charge >= 0.3 is 0 Å². The molecule has 2 aromatic rings. The van der Waals surface area contributed by atoms with Crippen LogP contribution in [0.25, 0.3) is 9.88 Å². The van der Waals surface area contributed by atoms with Crippen molar-refractivity contribution in [2.75, 3.05) is 26.2 Å². The first-order valence-electron chi connectivity index (χ1n) is 7.74. The molecule has 2 fully saturated rings. The summed E-state index contributed by atoms with van der Waals surface area (Å²) in [6.07, 6.45) is 4.07. The third-order valence-electron chi connectivity index (χ3n) is 4.85. The topological polar surface area (TPSA) is 28.2 Å². The number of thiophene rings is 1. The van der Waals surface area contributed by atoms with E-state index in [1.807, 2.05) is 0 Å². The molecule has 0 unspecified atom stereocenters. The molecule has 6 heteroatoms. The molecule has 4 rings (SSSR count). The Morgan fingerprint density at radius 1 is 1.23 bits per heavy atom. The largest absolute Gasteiger partial charge is 0.317 e. The zero-order chi connectivity index (χ0) is 14.1. The van der Waals surface area contributed by atoms with Crippen LogP contribution in [0.4, 0.5) is 0 Å². The van der Waals surface area contributed by atoms with Crippen molar-refractivity contribution < 1.29 is 0 Å². The molecule has 1 spiro atoms. The van der Waals surface area contributed by atoms with Gasteiger partial charge in [-0.1, -0.05) is 6.07 Å². The zero-order valence-corrected chi connectivity index (χ0v) is 15.0. The van der Waals surface area contributed by atoms with Gasteiger partial charge in [-0.05, 0) is 55.8 Å². The van der Waals surface area contributed by atoms with Gasteiger partial charge in [0.2, 0.25) is 0 Å². The molecule has 3 nitrogen and oxygen atoms in total. The number of likely N-dealkylation sites (tertiary alicyclic amines) is 1. The Morgan fingerprint density at radius 2 is 2.09 bits per heavy atom. The first kappa shape index (κ1) is 16.4. The van der Waals surface area contributed by atoms with E-state index in [0.717, 1.165) is 6.54 Å². The summed E-state index contributed by atoms with van der Waals surface area (Å²) in [6.45, 7) is 5.93. The maximum atomic E-state index is 4.82. The van der Waals surface area contributed by atoms with E-state index in [0.29, 0.717) is 5.41 Å². The third-order valence-corrected chi connectivity index (χ3v) is 6.78. The SMILES string of the molecule is Cl.c1csc(-c2nc(CN3CCC4(CCNCC4)C3)cs2)c1. The van der Waals surface area contributed by atoms with Crippen molar-refractivity contribution in [3.8, 4) is 9.88 Å². The van der Waals surface area contributed by atoms with Crippen molar-refractivity contribution in [1.29, 1.82) is 0 Å². The van der Waals surface area contributed by atoms with E-state index in [4.69, 9.17) is 4.98 Å². The van der Waals surface area contributed by atoms with Crippen LogP contribution >= 0.6 is 35.1 Å². The van der Waals surface area contributed by atoms with Gasteiger partial charge in [0.1, 0.15) is 5.01 Å². The number of rotatable bonds is 3. The Balaban J connectivity index is 0.00000144. The van der Waals surface area contributed by atoms with E-state index >= 15 is 0 Å². The highest BCUT2D eigenvalue weighted by atomic mass is 35.5. The van der Waals surface area contributed by atoms with Crippen LogP contribution in [0.3, 0.4) is 0 Å². The number of hydrogen-bond acceptors (Lipinski definition) is 5. The van der Waals surface area contributed by atoms with E-state index in [1.165, 1.54) is 61.0 Å². The van der Waals surface area contributed by atoms with Crippen LogP contribution in [0.1, 0.15) is 25.0 Å². The van der Waals surface area contributed by atoms with Gasteiger partial charge in [-0.15, -0.1) is 35.1 Å². The van der Waals surface area contributed by atoms with Crippen molar-refractivity contribution in [1.82, 2.24) is 15.2 Å². The van der Waals surface area contributed by atoms with Crippen molar-refractivity contribution in [3.63, 3.8) is 0 Å². The van der Waals surface area contributed by atoms with E-state index in [-0.39, 0.29) is 12.4 Å². The molecule has 0 aliphatic carbocycles. The average Bonchev–Trinajstić information content (AvgIpc) is 3.22. The van der Waals surface area contributed by atoms with E-state index in [9.17, 15) is 0 Å². The summed E-state index contributed by atoms with van der Waals surface area (Å²) in [5.74, 6) is 0. The molecule has 2 aromatic heterocycles. The molecule has 22 heavy (non-hydrogen) atoms. The standard InChI is InChI=1S/C16H21N3S2.ClH/c1-2-14(20-9-1)15-18-13(11-21-15)10-19-8-5-16(12-19)3-6-17-7-4-16;/h1-2,9,11,17H,3-8,10,12H2;1H. The third kappa shape index (κ3) is 3.39. The number of halogens is 1. The number of thiazole rings is 1. The number of nitrogens with one attached hydrogen (secondary N) is 1. The van der Waals surface area contributed by atoms with Gasteiger partial charge < -0.3 is 5.32 Å². The lowest BCUT2D eigenvalue weighted by atomic mass is 9.78. The Labute approximate surface area is 146 Å². The predicted octanol–water partition coefficient (Wildman–Crippen LogP) is 3.87. The molecule has 0 radical (unpaired) electrons. The fourth-order valence-corrected chi connectivity index (χ4v) is 5.28. The lowest BCUT2D eigenvalue weighted by Gasteiger charge is -2.33. The van der Waals surface area contributed by atoms with Crippen molar-refractivity contribution in [2.24, 2.45) is 5.41 Å². The molecule has 0 saturated carbocycles. The molecule has 1 N–H and O–H groups in total. The van der Waals surface area contributed by atoms with Crippen LogP contribution < -0.4 is 5.32 Å². The molecule has 2 aliphatic rings. The second-order valence-corrected chi connectivity index (χ2v) is 8.14. The van der Waals surface area contributed by atoms with Gasteiger partial charge in [0.05, 0.1) is 10.6 Å². The van der Waals surface area contributed by atoms with Crippen LogP contribution in [0.2, 0.25) is 0 Å². The molecule has 4 heterocycles. The van der Waals surface area contributed by atoms with Gasteiger partial charge in [-0.2, -0.15) is 0 Å². The summed E-state index contributed by atoms with van der Waals surface area (Å²) in [4.78, 5) is 8.73. The molecular weight excluding hydrogens is 334 g/mol. The van der Waals surface area contributed by atoms with Crippen LogP contribution in [0, 0.1) is 5.41 Å². The first-order valence-corrected chi connectivity index (χ1v) is 9.50. The van der Waals surface area contributed by atoms with E-state index in [2.05, 4.69) is 33.1 Å². The van der Waals surface area contributed by atoms with E-state index < -0.39 is 0 Å². The minimum absolute atomic E-state index is 0. The minimum atomic E-state index is 0. The molecular formula is C16H22ClN3S2. The summed E-state index contributed by atoms with van der Waals surface area (Å²) in [5.41, 5.74) is 1.84. The van der Waals surface area contributed by atoms with Crippen LogP contribution in [0.15, 0.2) is 22.9 Å². The average molecular weight is 356 g/mol. The highest BCUT2D eigenvalue weighted by Crippen LogP contribution is 2.39. The Kier molecular flexibility index (Phi) is 5.20. The molecule has 0 bridgehead atoms. The molecule has 120 valence electrons. The maximum Gasteiger partial charge on any atom is 0.133 e. The highest BCUT2D eigenvalue weighted by Gasteiger charge is 2.38. The summed E-state index contributed by atoms with van der Waals surface area (Å²) >= 11 is 3.56. The first-order chi connectivity index (χ1) is 10.3. The van der Waals surface area contributed by atoms with Gasteiger partial charge in [0, 0.05) is 18.5 Å². The van der Waals surface area contributed by atoms with Gasteiger partial charge in [0.25, 0.3) is 0 Å². The Hall–Kier alpha value is -0.460. The predicted molar refractivity (Wildman–Crippen MR) is 97.1 cm³/mol.